The van der Waals surface area contributed by atoms with Gasteiger partial charge in [0.15, 0.2) is 0 Å². The van der Waals surface area contributed by atoms with Gasteiger partial charge in [-0.2, -0.15) is 0 Å². The topological polar surface area (TPSA) is 43.8 Å². The van der Waals surface area contributed by atoms with Crippen molar-refractivity contribution in [1.82, 2.24) is 4.90 Å². The van der Waals surface area contributed by atoms with Crippen LogP contribution in [0, 0.1) is 19.8 Å². The number of carbonyl (C=O) groups is 1. The van der Waals surface area contributed by atoms with Crippen LogP contribution in [-0.2, 0) is 17.9 Å². The minimum atomic E-state index is -0.687. The van der Waals surface area contributed by atoms with Gasteiger partial charge in [0.05, 0.1) is 5.92 Å². The first-order chi connectivity index (χ1) is 13.2. The van der Waals surface area contributed by atoms with Crippen LogP contribution in [0.1, 0.15) is 36.1 Å². The van der Waals surface area contributed by atoms with Crippen molar-refractivity contribution in [2.45, 2.75) is 46.8 Å². The zero-order valence-corrected chi connectivity index (χ0v) is 17.8. The monoisotopic (exact) mass is 400 g/mol. The molecule has 1 aliphatic rings. The maximum absolute atomic E-state index is 11.0. The van der Waals surface area contributed by atoms with Gasteiger partial charge in [0.1, 0.15) is 0 Å². The van der Waals surface area contributed by atoms with Crippen molar-refractivity contribution in [3.05, 3.63) is 63.7 Å². The minimum Gasteiger partial charge on any atom is -0.481 e. The lowest BCUT2D eigenvalue weighted by atomic mass is 9.97. The second-order valence-corrected chi connectivity index (χ2v) is 8.55. The average Bonchev–Trinajstić information content (AvgIpc) is 2.59. The smallest absolute Gasteiger partial charge is 0.309 e. The Bertz CT molecular complexity index is 860. The third-order valence-electron chi connectivity index (χ3n) is 5.56. The summed E-state index contributed by atoms with van der Waals surface area (Å²) in [5, 5.41) is 9.86. The first-order valence-electron chi connectivity index (χ1n) is 9.81. The Labute approximate surface area is 172 Å². The Morgan fingerprint density at radius 3 is 2.50 bits per heavy atom. The van der Waals surface area contributed by atoms with Gasteiger partial charge in [-0.15, -0.1) is 0 Å². The number of benzene rings is 2. The highest BCUT2D eigenvalue weighted by molar-refractivity contribution is 6.31. The van der Waals surface area contributed by atoms with E-state index in [1.807, 2.05) is 13.0 Å². The molecule has 0 unspecified atom stereocenters. The van der Waals surface area contributed by atoms with Crippen molar-refractivity contribution in [2.24, 2.45) is 5.92 Å². The summed E-state index contributed by atoms with van der Waals surface area (Å²) < 4.78 is 0. The molecule has 150 valence electrons. The Balaban J connectivity index is 1.75. The molecule has 1 fully saturated rings. The lowest BCUT2D eigenvalue weighted by Gasteiger charge is -2.37. The molecule has 0 spiro atoms. The molecule has 1 saturated heterocycles. The van der Waals surface area contributed by atoms with Crippen molar-refractivity contribution >= 4 is 23.3 Å². The fraction of sp³-hybridized carbons (Fsp3) is 0.435. The maximum Gasteiger partial charge on any atom is 0.309 e. The number of halogens is 1. The molecule has 28 heavy (non-hydrogen) atoms. The zero-order chi connectivity index (χ0) is 20.4. The molecule has 1 N–H and O–H groups in total. The van der Waals surface area contributed by atoms with E-state index in [0.29, 0.717) is 19.1 Å². The van der Waals surface area contributed by atoms with Crippen molar-refractivity contribution in [2.75, 3.05) is 18.0 Å². The van der Waals surface area contributed by atoms with Crippen LogP contribution < -0.4 is 4.90 Å². The van der Waals surface area contributed by atoms with Crippen molar-refractivity contribution in [3.63, 3.8) is 0 Å². The Morgan fingerprint density at radius 1 is 1.18 bits per heavy atom. The number of carboxylic acids is 1. The Kier molecular flexibility index (Phi) is 6.31. The molecule has 1 aliphatic heterocycles. The predicted molar refractivity (Wildman–Crippen MR) is 115 cm³/mol. The third kappa shape index (κ3) is 4.68. The summed E-state index contributed by atoms with van der Waals surface area (Å²) in [4.78, 5) is 15.6. The Morgan fingerprint density at radius 2 is 1.89 bits per heavy atom. The van der Waals surface area contributed by atoms with E-state index in [0.717, 1.165) is 23.7 Å². The number of aryl methyl sites for hydroxylation is 2. The second kappa shape index (κ2) is 8.54. The summed E-state index contributed by atoms with van der Waals surface area (Å²) in [5.41, 5.74) is 6.04. The van der Waals surface area contributed by atoms with Crippen LogP contribution in [-0.4, -0.2) is 35.1 Å². The fourth-order valence-corrected chi connectivity index (χ4v) is 3.78. The van der Waals surface area contributed by atoms with Gasteiger partial charge in [0.25, 0.3) is 0 Å². The molecule has 1 heterocycles. The zero-order valence-electron chi connectivity index (χ0n) is 17.1. The molecule has 0 atom stereocenters. The highest BCUT2D eigenvalue weighted by Crippen LogP contribution is 2.27. The number of carboxylic acid groups (broad SMARTS) is 1. The van der Waals surface area contributed by atoms with Crippen molar-refractivity contribution in [1.29, 1.82) is 0 Å². The van der Waals surface area contributed by atoms with Crippen LogP contribution in [0.15, 0.2) is 36.4 Å². The number of hydrogen-bond donors (Lipinski definition) is 1. The lowest BCUT2D eigenvalue weighted by molar-refractivity contribution is -0.147. The second-order valence-electron chi connectivity index (χ2n) is 8.15. The van der Waals surface area contributed by atoms with Crippen molar-refractivity contribution < 1.29 is 9.90 Å². The predicted octanol–water partition coefficient (Wildman–Crippen LogP) is 4.89. The Hall–Kier alpha value is -2.04. The fourth-order valence-electron chi connectivity index (χ4n) is 3.67. The first kappa shape index (κ1) is 20.7. The third-order valence-corrected chi connectivity index (χ3v) is 5.99. The molecule has 3 rings (SSSR count). The normalized spacial score (nSPS) is 14.9. The van der Waals surface area contributed by atoms with E-state index in [2.05, 4.69) is 60.9 Å². The molecule has 0 aromatic heterocycles. The van der Waals surface area contributed by atoms with E-state index in [9.17, 15) is 4.79 Å². The number of likely N-dealkylation sites (tertiary alicyclic amines) is 1. The average molecular weight is 401 g/mol. The number of aliphatic carboxylic acids is 1. The standard InChI is InChI=1S/C23H29ClN2O2/c1-15(2)26(21-7-8-22(24)17(4)9-21)11-18-6-5-16(3)19(10-18)12-25-13-20(14-25)23(27)28/h5-10,15,20H,11-14H2,1-4H3,(H,27,28). The van der Waals surface area contributed by atoms with Gasteiger partial charge in [-0.1, -0.05) is 29.8 Å². The van der Waals surface area contributed by atoms with Gasteiger partial charge in [0.2, 0.25) is 0 Å². The summed E-state index contributed by atoms with van der Waals surface area (Å²) in [7, 11) is 0. The van der Waals surface area contributed by atoms with Crippen molar-refractivity contribution in [3.8, 4) is 0 Å². The van der Waals surface area contributed by atoms with E-state index in [4.69, 9.17) is 16.7 Å². The van der Waals surface area contributed by atoms with Crippen LogP contribution >= 0.6 is 11.6 Å². The highest BCUT2D eigenvalue weighted by atomic mass is 35.5. The van der Waals surface area contributed by atoms with E-state index in [1.165, 1.54) is 22.4 Å². The summed E-state index contributed by atoms with van der Waals surface area (Å²) in [6.07, 6.45) is 0. The molecule has 0 amide bonds. The molecule has 0 aliphatic carbocycles. The molecule has 0 saturated carbocycles. The lowest BCUT2D eigenvalue weighted by Crippen LogP contribution is -2.49. The maximum atomic E-state index is 11.0. The molecule has 2 aromatic carbocycles. The largest absolute Gasteiger partial charge is 0.481 e. The SMILES string of the molecule is Cc1cc(N(Cc2ccc(C)c(CN3CC(C(=O)O)C3)c2)C(C)C)ccc1Cl. The van der Waals surface area contributed by atoms with Gasteiger partial charge >= 0.3 is 5.97 Å². The van der Waals surface area contributed by atoms with Crippen LogP contribution in [0.2, 0.25) is 5.02 Å². The summed E-state index contributed by atoms with van der Waals surface area (Å²) in [6, 6.07) is 13.2. The van der Waals surface area contributed by atoms with E-state index < -0.39 is 5.97 Å². The van der Waals surface area contributed by atoms with Crippen LogP contribution in [0.3, 0.4) is 0 Å². The van der Waals surface area contributed by atoms with Gasteiger partial charge in [-0.25, -0.2) is 0 Å². The van der Waals surface area contributed by atoms with Gasteiger partial charge in [-0.3, -0.25) is 9.69 Å². The number of anilines is 1. The summed E-state index contributed by atoms with van der Waals surface area (Å²) in [5.74, 6) is -0.902. The quantitative estimate of drug-likeness (QED) is 0.718. The van der Waals surface area contributed by atoms with E-state index in [-0.39, 0.29) is 5.92 Å². The van der Waals surface area contributed by atoms with Gasteiger partial charge < -0.3 is 10.0 Å². The number of hydrogen-bond acceptors (Lipinski definition) is 3. The highest BCUT2D eigenvalue weighted by Gasteiger charge is 2.32. The summed E-state index contributed by atoms with van der Waals surface area (Å²) >= 11 is 6.20. The number of nitrogens with zero attached hydrogens (tertiary/aromatic N) is 2. The van der Waals surface area contributed by atoms with Crippen LogP contribution in [0.4, 0.5) is 5.69 Å². The van der Waals surface area contributed by atoms with Crippen LogP contribution in [0.25, 0.3) is 0 Å². The molecule has 4 nitrogen and oxygen atoms in total. The molecule has 0 radical (unpaired) electrons. The van der Waals surface area contributed by atoms with E-state index in [1.54, 1.807) is 0 Å². The van der Waals surface area contributed by atoms with Crippen LogP contribution in [0.5, 0.6) is 0 Å². The molecular formula is C23H29ClN2O2. The molecule has 2 aromatic rings. The molecule has 0 bridgehead atoms. The van der Waals surface area contributed by atoms with Gasteiger partial charge in [0, 0.05) is 42.9 Å². The molecule has 5 heteroatoms. The number of rotatable bonds is 7. The molecular weight excluding hydrogens is 372 g/mol. The van der Waals surface area contributed by atoms with Gasteiger partial charge in [-0.05, 0) is 68.1 Å². The van der Waals surface area contributed by atoms with E-state index >= 15 is 0 Å². The minimum absolute atomic E-state index is 0.215. The first-order valence-corrected chi connectivity index (χ1v) is 10.2. The summed E-state index contributed by atoms with van der Waals surface area (Å²) in [6.45, 7) is 11.5.